The van der Waals surface area contributed by atoms with Gasteiger partial charge in [0.15, 0.2) is 0 Å². The van der Waals surface area contributed by atoms with E-state index in [0.29, 0.717) is 31.9 Å². The Balaban J connectivity index is 1.56. The third-order valence-corrected chi connectivity index (χ3v) is 5.00. The van der Waals surface area contributed by atoms with Crippen molar-refractivity contribution >= 4 is 22.9 Å². The Morgan fingerprint density at radius 2 is 1.90 bits per heavy atom. The van der Waals surface area contributed by atoms with Gasteiger partial charge in [0, 0.05) is 31.0 Å². The van der Waals surface area contributed by atoms with Crippen LogP contribution in [-0.2, 0) is 9.53 Å². The van der Waals surface area contributed by atoms with Gasteiger partial charge in [-0.2, -0.15) is 5.10 Å². The van der Waals surface area contributed by atoms with E-state index in [-0.39, 0.29) is 11.7 Å². The SMILES string of the molecule is O=C(NN=Cc1c(O)ccc2ccccc12)C(c1ccncc1)N1CCOCC1. The van der Waals surface area contributed by atoms with Gasteiger partial charge in [0.25, 0.3) is 5.91 Å². The number of morpholine rings is 1. The van der Waals surface area contributed by atoms with Crippen LogP contribution in [0.15, 0.2) is 66.0 Å². The Kier molecular flexibility index (Phi) is 5.79. The maximum atomic E-state index is 13.0. The summed E-state index contributed by atoms with van der Waals surface area (Å²) in [6.45, 7) is 2.49. The first-order valence-electron chi connectivity index (χ1n) is 9.49. The van der Waals surface area contributed by atoms with Crippen LogP contribution in [0.2, 0.25) is 0 Å². The van der Waals surface area contributed by atoms with Crippen LogP contribution in [0.3, 0.4) is 0 Å². The minimum absolute atomic E-state index is 0.112. The first kappa shape index (κ1) is 19.0. The zero-order valence-corrected chi connectivity index (χ0v) is 15.9. The number of carbonyl (C=O) groups excluding carboxylic acids is 1. The van der Waals surface area contributed by atoms with Crippen molar-refractivity contribution < 1.29 is 14.6 Å². The second kappa shape index (κ2) is 8.81. The van der Waals surface area contributed by atoms with E-state index in [4.69, 9.17) is 4.74 Å². The van der Waals surface area contributed by atoms with Gasteiger partial charge in [-0.3, -0.25) is 14.7 Å². The number of aromatic hydroxyl groups is 1. The molecule has 1 fully saturated rings. The number of aromatic nitrogens is 1. The van der Waals surface area contributed by atoms with Gasteiger partial charge < -0.3 is 9.84 Å². The smallest absolute Gasteiger partial charge is 0.262 e. The lowest BCUT2D eigenvalue weighted by molar-refractivity contribution is -0.128. The fraction of sp³-hybridized carbons (Fsp3) is 0.227. The molecule has 0 aliphatic carbocycles. The van der Waals surface area contributed by atoms with Gasteiger partial charge in [0.2, 0.25) is 0 Å². The van der Waals surface area contributed by atoms with Crippen LogP contribution in [0.25, 0.3) is 10.8 Å². The molecular weight excluding hydrogens is 368 g/mol. The molecule has 4 rings (SSSR count). The van der Waals surface area contributed by atoms with Crippen molar-refractivity contribution in [3.8, 4) is 5.75 Å². The molecule has 1 aromatic heterocycles. The number of ether oxygens (including phenoxy) is 1. The van der Waals surface area contributed by atoms with Crippen LogP contribution in [0.4, 0.5) is 0 Å². The van der Waals surface area contributed by atoms with Gasteiger partial charge in [0.05, 0.1) is 19.4 Å². The molecule has 1 saturated heterocycles. The number of amides is 1. The highest BCUT2D eigenvalue weighted by Gasteiger charge is 2.28. The maximum Gasteiger partial charge on any atom is 0.262 e. The van der Waals surface area contributed by atoms with Crippen LogP contribution >= 0.6 is 0 Å². The molecule has 1 atom stereocenters. The number of fused-ring (bicyclic) bond motifs is 1. The molecule has 1 aliphatic heterocycles. The molecule has 148 valence electrons. The monoisotopic (exact) mass is 390 g/mol. The van der Waals surface area contributed by atoms with E-state index in [1.54, 1.807) is 18.5 Å². The van der Waals surface area contributed by atoms with Gasteiger partial charge >= 0.3 is 0 Å². The summed E-state index contributed by atoms with van der Waals surface area (Å²) in [5.41, 5.74) is 4.05. The molecule has 0 bridgehead atoms. The molecule has 29 heavy (non-hydrogen) atoms. The topological polar surface area (TPSA) is 87.0 Å². The highest BCUT2D eigenvalue weighted by atomic mass is 16.5. The molecule has 1 unspecified atom stereocenters. The van der Waals surface area contributed by atoms with Crippen molar-refractivity contribution in [3.63, 3.8) is 0 Å². The molecule has 2 heterocycles. The summed E-state index contributed by atoms with van der Waals surface area (Å²) in [5, 5.41) is 16.2. The number of rotatable bonds is 5. The minimum atomic E-state index is -0.486. The number of benzene rings is 2. The summed E-state index contributed by atoms with van der Waals surface area (Å²) in [6, 6.07) is 14.4. The standard InChI is InChI=1S/C22H22N4O3/c27-20-6-5-16-3-1-2-4-18(16)19(20)15-24-25-22(28)21(17-7-9-23-10-8-17)26-11-13-29-14-12-26/h1-10,15,21,27H,11-14H2,(H,25,28). The fourth-order valence-corrected chi connectivity index (χ4v) is 3.55. The Bertz CT molecular complexity index is 1020. The third kappa shape index (κ3) is 4.26. The number of hydrogen-bond acceptors (Lipinski definition) is 6. The van der Waals surface area contributed by atoms with E-state index < -0.39 is 6.04 Å². The lowest BCUT2D eigenvalue weighted by atomic mass is 10.0. The molecule has 0 saturated carbocycles. The minimum Gasteiger partial charge on any atom is -0.507 e. The van der Waals surface area contributed by atoms with Gasteiger partial charge in [-0.25, -0.2) is 5.43 Å². The van der Waals surface area contributed by atoms with Crippen LogP contribution in [0.5, 0.6) is 5.75 Å². The predicted molar refractivity (Wildman–Crippen MR) is 111 cm³/mol. The number of phenols is 1. The number of pyridine rings is 1. The third-order valence-electron chi connectivity index (χ3n) is 5.00. The van der Waals surface area contributed by atoms with Crippen molar-refractivity contribution in [1.82, 2.24) is 15.3 Å². The highest BCUT2D eigenvalue weighted by Crippen LogP contribution is 2.25. The van der Waals surface area contributed by atoms with E-state index in [0.717, 1.165) is 16.3 Å². The second-order valence-corrected chi connectivity index (χ2v) is 6.79. The van der Waals surface area contributed by atoms with Crippen molar-refractivity contribution in [2.24, 2.45) is 5.10 Å². The van der Waals surface area contributed by atoms with Crippen molar-refractivity contribution in [2.75, 3.05) is 26.3 Å². The normalized spacial score (nSPS) is 16.1. The number of hydrazone groups is 1. The second-order valence-electron chi connectivity index (χ2n) is 6.79. The molecule has 7 nitrogen and oxygen atoms in total. The Morgan fingerprint density at radius 1 is 1.14 bits per heavy atom. The average molecular weight is 390 g/mol. The molecule has 1 amide bonds. The first-order valence-corrected chi connectivity index (χ1v) is 9.49. The Hall–Kier alpha value is -3.29. The molecule has 2 N–H and O–H groups in total. The molecule has 1 aliphatic rings. The predicted octanol–water partition coefficient (Wildman–Crippen LogP) is 2.46. The zero-order valence-electron chi connectivity index (χ0n) is 15.9. The zero-order chi connectivity index (χ0) is 20.1. The molecular formula is C22H22N4O3. The quantitative estimate of drug-likeness (QED) is 0.516. The van der Waals surface area contributed by atoms with E-state index in [2.05, 4.69) is 20.4 Å². The van der Waals surface area contributed by atoms with Crippen LogP contribution in [0.1, 0.15) is 17.2 Å². The van der Waals surface area contributed by atoms with Crippen LogP contribution in [-0.4, -0.2) is 53.4 Å². The summed E-state index contributed by atoms with van der Waals surface area (Å²) < 4.78 is 5.42. The van der Waals surface area contributed by atoms with Crippen molar-refractivity contribution in [1.29, 1.82) is 0 Å². The van der Waals surface area contributed by atoms with Crippen LogP contribution < -0.4 is 5.43 Å². The summed E-state index contributed by atoms with van der Waals surface area (Å²) in [7, 11) is 0. The van der Waals surface area contributed by atoms with E-state index >= 15 is 0 Å². The van der Waals surface area contributed by atoms with E-state index in [9.17, 15) is 9.90 Å². The summed E-state index contributed by atoms with van der Waals surface area (Å²) >= 11 is 0. The van der Waals surface area contributed by atoms with Crippen molar-refractivity contribution in [2.45, 2.75) is 6.04 Å². The summed E-state index contributed by atoms with van der Waals surface area (Å²) in [6.07, 6.45) is 4.83. The number of carbonyl (C=O) groups is 1. The van der Waals surface area contributed by atoms with Gasteiger partial charge in [-0.05, 0) is 34.5 Å². The van der Waals surface area contributed by atoms with Crippen molar-refractivity contribution in [3.05, 3.63) is 72.1 Å². The number of phenolic OH excluding ortho intramolecular Hbond substituents is 1. The maximum absolute atomic E-state index is 13.0. The lowest BCUT2D eigenvalue weighted by Crippen LogP contribution is -2.44. The van der Waals surface area contributed by atoms with Crippen LogP contribution in [0, 0.1) is 0 Å². The fourth-order valence-electron chi connectivity index (χ4n) is 3.55. The van der Waals surface area contributed by atoms with E-state index in [1.807, 2.05) is 42.5 Å². The Morgan fingerprint density at radius 3 is 2.69 bits per heavy atom. The summed E-state index contributed by atoms with van der Waals surface area (Å²) in [5.74, 6) is -0.130. The molecule has 0 spiro atoms. The Labute approximate surface area is 168 Å². The number of nitrogens with zero attached hydrogens (tertiary/aromatic N) is 3. The molecule has 0 radical (unpaired) electrons. The summed E-state index contributed by atoms with van der Waals surface area (Å²) in [4.78, 5) is 19.1. The first-order chi connectivity index (χ1) is 14.2. The highest BCUT2D eigenvalue weighted by molar-refractivity contribution is 6.02. The van der Waals surface area contributed by atoms with E-state index in [1.165, 1.54) is 6.21 Å². The molecule has 7 heteroatoms. The van der Waals surface area contributed by atoms with Gasteiger partial charge in [-0.15, -0.1) is 0 Å². The lowest BCUT2D eigenvalue weighted by Gasteiger charge is -2.33. The number of nitrogens with one attached hydrogen (secondary N) is 1. The largest absolute Gasteiger partial charge is 0.507 e. The van der Waals surface area contributed by atoms with Gasteiger partial charge in [-0.1, -0.05) is 30.3 Å². The van der Waals surface area contributed by atoms with Gasteiger partial charge in [0.1, 0.15) is 11.8 Å². The molecule has 3 aromatic rings. The number of hydrogen-bond donors (Lipinski definition) is 2. The average Bonchev–Trinajstić information content (AvgIpc) is 2.77. The molecule has 2 aromatic carbocycles.